The quantitative estimate of drug-likeness (QED) is 0.338. The molecule has 0 aliphatic carbocycles. The SMILES string of the molecule is CCOC(=O)C(OS(C)(=O)=O)C(=O)c1ccccc1C. The lowest BCUT2D eigenvalue weighted by Gasteiger charge is -2.15. The van der Waals surface area contributed by atoms with Gasteiger partial charge in [-0.15, -0.1) is 0 Å². The van der Waals surface area contributed by atoms with Crippen molar-refractivity contribution in [2.24, 2.45) is 0 Å². The lowest BCUT2D eigenvalue weighted by Crippen LogP contribution is -2.36. The van der Waals surface area contributed by atoms with Crippen molar-refractivity contribution < 1.29 is 26.9 Å². The lowest BCUT2D eigenvalue weighted by molar-refractivity contribution is -0.148. The number of carbonyl (C=O) groups is 2. The lowest BCUT2D eigenvalue weighted by atomic mass is 10.0. The fourth-order valence-corrected chi connectivity index (χ4v) is 2.09. The highest BCUT2D eigenvalue weighted by Gasteiger charge is 2.34. The summed E-state index contributed by atoms with van der Waals surface area (Å²) in [7, 11) is -3.97. The molecule has 0 amide bonds. The Balaban J connectivity index is 3.14. The van der Waals surface area contributed by atoms with Gasteiger partial charge in [0.25, 0.3) is 10.1 Å². The summed E-state index contributed by atoms with van der Waals surface area (Å²) >= 11 is 0. The van der Waals surface area contributed by atoms with Gasteiger partial charge in [0.15, 0.2) is 0 Å². The van der Waals surface area contributed by atoms with Crippen molar-refractivity contribution in [3.8, 4) is 0 Å². The van der Waals surface area contributed by atoms with Crippen molar-refractivity contribution in [2.45, 2.75) is 20.0 Å². The summed E-state index contributed by atoms with van der Waals surface area (Å²) < 4.78 is 31.6. The molecule has 20 heavy (non-hydrogen) atoms. The van der Waals surface area contributed by atoms with Crippen molar-refractivity contribution in [2.75, 3.05) is 12.9 Å². The van der Waals surface area contributed by atoms with Gasteiger partial charge in [-0.1, -0.05) is 24.3 Å². The van der Waals surface area contributed by atoms with E-state index < -0.39 is 28.0 Å². The second-order valence-corrected chi connectivity index (χ2v) is 5.71. The standard InChI is InChI=1S/C13H16O6S/c1-4-18-13(15)12(19-20(3,16)17)11(14)10-8-6-5-7-9(10)2/h5-8,12H,4H2,1-3H3. The summed E-state index contributed by atoms with van der Waals surface area (Å²) in [6.45, 7) is 3.24. The van der Waals surface area contributed by atoms with E-state index in [1.807, 2.05) is 0 Å². The third kappa shape index (κ3) is 4.43. The van der Waals surface area contributed by atoms with Crippen LogP contribution in [0.5, 0.6) is 0 Å². The Hall–Kier alpha value is -1.73. The summed E-state index contributed by atoms with van der Waals surface area (Å²) in [4.78, 5) is 24.0. The maximum absolute atomic E-state index is 12.3. The zero-order valence-corrected chi connectivity index (χ0v) is 12.3. The van der Waals surface area contributed by atoms with E-state index in [0.717, 1.165) is 6.26 Å². The molecule has 0 aromatic heterocycles. The molecule has 1 aromatic rings. The molecule has 6 nitrogen and oxygen atoms in total. The zero-order chi connectivity index (χ0) is 15.3. The number of esters is 1. The van der Waals surface area contributed by atoms with E-state index in [1.165, 1.54) is 6.07 Å². The van der Waals surface area contributed by atoms with Crippen molar-refractivity contribution >= 4 is 21.9 Å². The molecule has 0 fully saturated rings. The van der Waals surface area contributed by atoms with E-state index >= 15 is 0 Å². The Labute approximate surface area is 117 Å². The normalized spacial score (nSPS) is 12.8. The van der Waals surface area contributed by atoms with Gasteiger partial charge in [0.1, 0.15) is 0 Å². The number of aryl methyl sites for hydroxylation is 1. The van der Waals surface area contributed by atoms with Gasteiger partial charge in [0.2, 0.25) is 11.9 Å². The molecular formula is C13H16O6S. The number of hydrogen-bond donors (Lipinski definition) is 0. The van der Waals surface area contributed by atoms with Crippen LogP contribution in [-0.2, 0) is 23.8 Å². The molecule has 0 aliphatic rings. The molecule has 0 heterocycles. The van der Waals surface area contributed by atoms with E-state index in [-0.39, 0.29) is 12.2 Å². The van der Waals surface area contributed by atoms with Crippen LogP contribution in [0.15, 0.2) is 24.3 Å². The number of rotatable bonds is 6. The summed E-state index contributed by atoms with van der Waals surface area (Å²) in [5.41, 5.74) is 0.832. The second-order valence-electron chi connectivity index (χ2n) is 4.11. The molecular weight excluding hydrogens is 284 g/mol. The van der Waals surface area contributed by atoms with Crippen molar-refractivity contribution in [1.29, 1.82) is 0 Å². The van der Waals surface area contributed by atoms with Gasteiger partial charge >= 0.3 is 5.97 Å². The van der Waals surface area contributed by atoms with E-state index in [9.17, 15) is 18.0 Å². The Bertz CT molecular complexity index is 605. The van der Waals surface area contributed by atoms with Crippen LogP contribution >= 0.6 is 0 Å². The molecule has 1 rings (SSSR count). The van der Waals surface area contributed by atoms with Crippen molar-refractivity contribution in [1.82, 2.24) is 0 Å². The molecule has 7 heteroatoms. The maximum atomic E-state index is 12.3. The maximum Gasteiger partial charge on any atom is 0.345 e. The third-order valence-corrected chi connectivity index (χ3v) is 2.96. The summed E-state index contributed by atoms with van der Waals surface area (Å²) in [6.07, 6.45) is -1.05. The minimum atomic E-state index is -3.97. The first-order valence-corrected chi connectivity index (χ1v) is 7.72. The minimum absolute atomic E-state index is 0.0174. The van der Waals surface area contributed by atoms with Crippen molar-refractivity contribution in [3.63, 3.8) is 0 Å². The monoisotopic (exact) mass is 300 g/mol. The average Bonchev–Trinajstić information content (AvgIpc) is 2.35. The van der Waals surface area contributed by atoms with Gasteiger partial charge in [0.05, 0.1) is 12.9 Å². The number of benzene rings is 1. The Morgan fingerprint density at radius 3 is 2.35 bits per heavy atom. The minimum Gasteiger partial charge on any atom is -0.464 e. The first-order chi connectivity index (χ1) is 9.26. The van der Waals surface area contributed by atoms with Gasteiger partial charge in [0, 0.05) is 5.56 Å². The van der Waals surface area contributed by atoms with Crippen LogP contribution in [-0.4, -0.2) is 39.1 Å². The molecule has 0 aliphatic heterocycles. The van der Waals surface area contributed by atoms with E-state index in [1.54, 1.807) is 32.0 Å². The summed E-state index contributed by atoms with van der Waals surface area (Å²) in [5, 5.41) is 0. The molecule has 0 saturated heterocycles. The van der Waals surface area contributed by atoms with E-state index in [0.29, 0.717) is 5.56 Å². The number of Topliss-reactive ketones (excluding diaryl/α,β-unsaturated/α-hetero) is 1. The van der Waals surface area contributed by atoms with Crippen LogP contribution in [0.4, 0.5) is 0 Å². The van der Waals surface area contributed by atoms with Gasteiger partial charge < -0.3 is 4.74 Å². The molecule has 1 aromatic carbocycles. The largest absolute Gasteiger partial charge is 0.464 e. The predicted molar refractivity (Wildman–Crippen MR) is 71.9 cm³/mol. The van der Waals surface area contributed by atoms with Crippen LogP contribution in [0.1, 0.15) is 22.8 Å². The van der Waals surface area contributed by atoms with Gasteiger partial charge in [-0.25, -0.2) is 8.98 Å². The zero-order valence-electron chi connectivity index (χ0n) is 11.5. The smallest absolute Gasteiger partial charge is 0.345 e. The van der Waals surface area contributed by atoms with Gasteiger partial charge in [-0.2, -0.15) is 8.42 Å². The Morgan fingerprint density at radius 1 is 1.25 bits per heavy atom. The number of ether oxygens (including phenoxy) is 1. The van der Waals surface area contributed by atoms with E-state index in [2.05, 4.69) is 8.92 Å². The molecule has 0 N–H and O–H groups in total. The summed E-state index contributed by atoms with van der Waals surface area (Å²) in [6, 6.07) is 6.51. The Kier molecular flexibility index (Phi) is 5.41. The molecule has 0 spiro atoms. The van der Waals surface area contributed by atoms with Crippen LogP contribution in [0, 0.1) is 6.92 Å². The van der Waals surface area contributed by atoms with Crippen LogP contribution in [0.25, 0.3) is 0 Å². The number of ketones is 1. The van der Waals surface area contributed by atoms with Crippen LogP contribution in [0.3, 0.4) is 0 Å². The van der Waals surface area contributed by atoms with Crippen LogP contribution in [0.2, 0.25) is 0 Å². The van der Waals surface area contributed by atoms with Gasteiger partial charge in [-0.05, 0) is 19.4 Å². The highest BCUT2D eigenvalue weighted by Crippen LogP contribution is 2.14. The molecule has 0 radical (unpaired) electrons. The molecule has 110 valence electrons. The summed E-state index contributed by atoms with van der Waals surface area (Å²) in [5.74, 6) is -1.77. The van der Waals surface area contributed by atoms with Crippen LogP contribution < -0.4 is 0 Å². The molecule has 0 saturated carbocycles. The first-order valence-electron chi connectivity index (χ1n) is 5.91. The highest BCUT2D eigenvalue weighted by molar-refractivity contribution is 7.86. The number of hydrogen-bond acceptors (Lipinski definition) is 6. The van der Waals surface area contributed by atoms with E-state index in [4.69, 9.17) is 0 Å². The molecule has 1 unspecified atom stereocenters. The fraction of sp³-hybridized carbons (Fsp3) is 0.385. The Morgan fingerprint density at radius 2 is 1.85 bits per heavy atom. The number of carbonyl (C=O) groups excluding carboxylic acids is 2. The molecule has 1 atom stereocenters. The average molecular weight is 300 g/mol. The topological polar surface area (TPSA) is 86.7 Å². The van der Waals surface area contributed by atoms with Crippen molar-refractivity contribution in [3.05, 3.63) is 35.4 Å². The third-order valence-electron chi connectivity index (χ3n) is 2.42. The van der Waals surface area contributed by atoms with Gasteiger partial charge in [-0.3, -0.25) is 4.79 Å². The second kappa shape index (κ2) is 6.62. The molecule has 0 bridgehead atoms. The first kappa shape index (κ1) is 16.3. The fourth-order valence-electron chi connectivity index (χ4n) is 1.57. The highest BCUT2D eigenvalue weighted by atomic mass is 32.2. The predicted octanol–water partition coefficient (Wildman–Crippen LogP) is 1.09.